The first-order chi connectivity index (χ1) is 12.8. The molecule has 6 heteroatoms. The fraction of sp³-hybridized carbons (Fsp3) is 0.100. The molecule has 0 amide bonds. The van der Waals surface area contributed by atoms with Gasteiger partial charge in [0.1, 0.15) is 29.1 Å². The fourth-order valence-electron chi connectivity index (χ4n) is 2.78. The molecular formula is C20H16N2O3S. The monoisotopic (exact) mass is 364 g/mol. The summed E-state index contributed by atoms with van der Waals surface area (Å²) in [6.45, 7) is 0.428. The number of para-hydroxylation sites is 1. The van der Waals surface area contributed by atoms with E-state index >= 15 is 0 Å². The Kier molecular flexibility index (Phi) is 4.41. The Morgan fingerprint density at radius 2 is 1.88 bits per heavy atom. The van der Waals surface area contributed by atoms with E-state index in [-0.39, 0.29) is 5.56 Å². The molecule has 4 rings (SSSR count). The molecule has 0 saturated heterocycles. The smallest absolute Gasteiger partial charge is 0.290 e. The van der Waals surface area contributed by atoms with E-state index < -0.39 is 0 Å². The van der Waals surface area contributed by atoms with Gasteiger partial charge in [-0.25, -0.2) is 0 Å². The molecule has 0 aliphatic rings. The molecule has 0 aliphatic heterocycles. The predicted molar refractivity (Wildman–Crippen MR) is 103 cm³/mol. The zero-order chi connectivity index (χ0) is 17.9. The molecule has 2 heterocycles. The van der Waals surface area contributed by atoms with Gasteiger partial charge in [0.25, 0.3) is 5.56 Å². The van der Waals surface area contributed by atoms with Gasteiger partial charge in [0, 0.05) is 11.3 Å². The third kappa shape index (κ3) is 3.07. The highest BCUT2D eigenvalue weighted by atomic mass is 32.1. The number of thiophene rings is 1. The van der Waals surface area contributed by atoms with Gasteiger partial charge >= 0.3 is 0 Å². The van der Waals surface area contributed by atoms with E-state index in [9.17, 15) is 4.79 Å². The quantitative estimate of drug-likeness (QED) is 0.536. The van der Waals surface area contributed by atoms with Crippen LogP contribution in [0.3, 0.4) is 0 Å². The van der Waals surface area contributed by atoms with Crippen molar-refractivity contribution in [2.24, 2.45) is 0 Å². The lowest BCUT2D eigenvalue weighted by molar-refractivity contribution is 0.296. The summed E-state index contributed by atoms with van der Waals surface area (Å²) in [5.41, 5.74) is 2.58. The van der Waals surface area contributed by atoms with Crippen LogP contribution < -0.4 is 15.0 Å². The van der Waals surface area contributed by atoms with Gasteiger partial charge in [-0.05, 0) is 41.8 Å². The molecular weight excluding hydrogens is 348 g/mol. The number of ether oxygens (including phenoxy) is 2. The molecule has 0 radical (unpaired) electrons. The minimum atomic E-state index is -0.192. The van der Waals surface area contributed by atoms with E-state index in [0.29, 0.717) is 11.3 Å². The van der Waals surface area contributed by atoms with Crippen LogP contribution in [-0.4, -0.2) is 16.7 Å². The lowest BCUT2D eigenvalue weighted by Gasteiger charge is -2.11. The summed E-state index contributed by atoms with van der Waals surface area (Å²) in [7, 11) is 1.65. The van der Waals surface area contributed by atoms with Crippen LogP contribution in [0.25, 0.3) is 15.9 Å². The van der Waals surface area contributed by atoms with Crippen molar-refractivity contribution in [3.8, 4) is 17.2 Å². The largest absolute Gasteiger partial charge is 0.496 e. The summed E-state index contributed by atoms with van der Waals surface area (Å²) in [6.07, 6.45) is 1.56. The summed E-state index contributed by atoms with van der Waals surface area (Å²) in [5, 5.41) is 1.90. The average Bonchev–Trinajstić information content (AvgIpc) is 3.18. The molecule has 2 aromatic carbocycles. The molecule has 4 aromatic rings. The highest BCUT2D eigenvalue weighted by Crippen LogP contribution is 2.23. The minimum Gasteiger partial charge on any atom is -0.496 e. The Morgan fingerprint density at radius 3 is 2.69 bits per heavy atom. The molecule has 5 nitrogen and oxygen atoms in total. The minimum absolute atomic E-state index is 0.192. The molecule has 0 spiro atoms. The SMILES string of the molecule is COc1ccccc1COc1ccc(-n2cnc(=O)c3sccc32)cc1. The number of methoxy groups -OCH3 is 1. The number of nitrogens with zero attached hydrogens (tertiary/aromatic N) is 2. The molecule has 0 bridgehead atoms. The zero-order valence-electron chi connectivity index (χ0n) is 14.1. The van der Waals surface area contributed by atoms with E-state index in [2.05, 4.69) is 4.98 Å². The number of aromatic nitrogens is 2. The van der Waals surface area contributed by atoms with Crippen LogP contribution in [0.1, 0.15) is 5.56 Å². The number of rotatable bonds is 5. The van der Waals surface area contributed by atoms with E-state index in [4.69, 9.17) is 9.47 Å². The molecule has 0 atom stereocenters. The van der Waals surface area contributed by atoms with Crippen LogP contribution >= 0.6 is 11.3 Å². The summed E-state index contributed by atoms with van der Waals surface area (Å²) in [5.74, 6) is 1.57. The Balaban J connectivity index is 1.56. The molecule has 0 aliphatic carbocycles. The second-order valence-electron chi connectivity index (χ2n) is 5.65. The van der Waals surface area contributed by atoms with Crippen LogP contribution in [0.4, 0.5) is 0 Å². The second-order valence-corrected chi connectivity index (χ2v) is 6.57. The average molecular weight is 364 g/mol. The Hall–Kier alpha value is -3.12. The summed E-state index contributed by atoms with van der Waals surface area (Å²) < 4.78 is 13.8. The maximum Gasteiger partial charge on any atom is 0.290 e. The van der Waals surface area contributed by atoms with Crippen molar-refractivity contribution in [1.82, 2.24) is 9.55 Å². The Labute approximate surface area is 154 Å². The third-order valence-corrected chi connectivity index (χ3v) is 4.98. The van der Waals surface area contributed by atoms with Crippen molar-refractivity contribution in [3.05, 3.63) is 82.2 Å². The van der Waals surface area contributed by atoms with Crippen molar-refractivity contribution >= 4 is 21.6 Å². The fourth-order valence-corrected chi connectivity index (χ4v) is 3.55. The van der Waals surface area contributed by atoms with Crippen molar-refractivity contribution in [2.45, 2.75) is 6.61 Å². The van der Waals surface area contributed by atoms with Gasteiger partial charge in [-0.3, -0.25) is 9.36 Å². The zero-order valence-corrected chi connectivity index (χ0v) is 14.9. The summed E-state index contributed by atoms with van der Waals surface area (Å²) in [4.78, 5) is 15.8. The van der Waals surface area contributed by atoms with E-state index in [1.54, 1.807) is 13.4 Å². The standard InChI is InChI=1S/C20H16N2O3S/c1-24-18-5-3-2-4-14(18)12-25-16-8-6-15(7-9-16)22-13-21-20(23)19-17(22)10-11-26-19/h2-11,13H,12H2,1H3. The number of hydrogen-bond acceptors (Lipinski definition) is 5. The van der Waals surface area contributed by atoms with Crippen molar-refractivity contribution in [2.75, 3.05) is 7.11 Å². The molecule has 0 fully saturated rings. The number of hydrogen-bond donors (Lipinski definition) is 0. The van der Waals surface area contributed by atoms with Gasteiger partial charge in [-0.1, -0.05) is 18.2 Å². The van der Waals surface area contributed by atoms with Crippen molar-refractivity contribution in [1.29, 1.82) is 0 Å². The molecule has 26 heavy (non-hydrogen) atoms. The molecule has 0 N–H and O–H groups in total. The van der Waals surface area contributed by atoms with Crippen molar-refractivity contribution in [3.63, 3.8) is 0 Å². The molecule has 2 aromatic heterocycles. The number of benzene rings is 2. The van der Waals surface area contributed by atoms with Gasteiger partial charge in [-0.2, -0.15) is 4.98 Å². The Bertz CT molecular complexity index is 1100. The van der Waals surface area contributed by atoms with Gasteiger partial charge < -0.3 is 9.47 Å². The lowest BCUT2D eigenvalue weighted by atomic mass is 10.2. The van der Waals surface area contributed by atoms with Crippen LogP contribution in [-0.2, 0) is 6.61 Å². The first-order valence-electron chi connectivity index (χ1n) is 8.06. The van der Waals surface area contributed by atoms with E-state index in [0.717, 1.165) is 28.3 Å². The van der Waals surface area contributed by atoms with Crippen LogP contribution in [0.2, 0.25) is 0 Å². The normalized spacial score (nSPS) is 10.8. The first-order valence-corrected chi connectivity index (χ1v) is 8.94. The van der Waals surface area contributed by atoms with Gasteiger partial charge in [0.15, 0.2) is 0 Å². The highest BCUT2D eigenvalue weighted by Gasteiger charge is 2.07. The highest BCUT2D eigenvalue weighted by molar-refractivity contribution is 7.17. The van der Waals surface area contributed by atoms with Crippen molar-refractivity contribution < 1.29 is 9.47 Å². The molecule has 130 valence electrons. The first kappa shape index (κ1) is 16.4. The van der Waals surface area contributed by atoms with Crippen LogP contribution in [0, 0.1) is 0 Å². The summed E-state index contributed by atoms with van der Waals surface area (Å²) >= 11 is 1.40. The maximum absolute atomic E-state index is 11.8. The lowest BCUT2D eigenvalue weighted by Crippen LogP contribution is -2.09. The van der Waals surface area contributed by atoms with Crippen LogP contribution in [0.5, 0.6) is 11.5 Å². The maximum atomic E-state index is 11.8. The van der Waals surface area contributed by atoms with E-state index in [1.807, 2.05) is 64.5 Å². The number of fused-ring (bicyclic) bond motifs is 1. The van der Waals surface area contributed by atoms with Gasteiger partial charge in [0.2, 0.25) is 0 Å². The molecule has 0 saturated carbocycles. The third-order valence-electron chi connectivity index (χ3n) is 4.09. The Morgan fingerprint density at radius 1 is 1.08 bits per heavy atom. The van der Waals surface area contributed by atoms with Gasteiger partial charge in [0.05, 0.1) is 12.6 Å². The predicted octanol–water partition coefficient (Wildman–Crippen LogP) is 4.03. The topological polar surface area (TPSA) is 53.4 Å². The summed E-state index contributed by atoms with van der Waals surface area (Å²) in [6, 6.07) is 17.4. The van der Waals surface area contributed by atoms with Crippen LogP contribution in [0.15, 0.2) is 71.1 Å². The molecule has 0 unspecified atom stereocenters. The van der Waals surface area contributed by atoms with Gasteiger partial charge in [-0.15, -0.1) is 11.3 Å². The second kappa shape index (κ2) is 7.01. The van der Waals surface area contributed by atoms with E-state index in [1.165, 1.54) is 11.3 Å².